The molecule has 2 N–H and O–H groups in total. The number of carboxylic acid groups (broad SMARTS) is 1. The Morgan fingerprint density at radius 2 is 1.94 bits per heavy atom. The Kier molecular flexibility index (Phi) is 4.76. The van der Waals surface area contributed by atoms with Crippen molar-refractivity contribution in [2.45, 2.75) is 38.1 Å². The van der Waals surface area contributed by atoms with Crippen molar-refractivity contribution < 1.29 is 9.90 Å². The van der Waals surface area contributed by atoms with E-state index >= 15 is 0 Å². The second-order valence-electron chi connectivity index (χ2n) is 5.03. The van der Waals surface area contributed by atoms with Crippen molar-refractivity contribution >= 4 is 5.97 Å². The minimum atomic E-state index is -0.646. The third kappa shape index (κ3) is 3.57. The van der Waals surface area contributed by atoms with Gasteiger partial charge < -0.3 is 10.4 Å². The first-order chi connectivity index (χ1) is 8.77. The quantitative estimate of drug-likeness (QED) is 0.840. The summed E-state index contributed by atoms with van der Waals surface area (Å²) in [6.45, 7) is 0.860. The molecule has 0 saturated heterocycles. The molecule has 0 spiro atoms. The van der Waals surface area contributed by atoms with Gasteiger partial charge in [0.15, 0.2) is 0 Å². The molecular weight excluding hydrogens is 226 g/mol. The highest BCUT2D eigenvalue weighted by atomic mass is 16.4. The summed E-state index contributed by atoms with van der Waals surface area (Å²) in [5, 5.41) is 12.6. The Labute approximate surface area is 108 Å². The van der Waals surface area contributed by atoms with Gasteiger partial charge in [-0.1, -0.05) is 43.2 Å². The third-order valence-corrected chi connectivity index (χ3v) is 3.75. The maximum Gasteiger partial charge on any atom is 0.308 e. The molecule has 0 aliphatic heterocycles. The fourth-order valence-electron chi connectivity index (χ4n) is 2.72. The van der Waals surface area contributed by atoms with Gasteiger partial charge in [0.1, 0.15) is 0 Å². The molecule has 98 valence electrons. The number of carboxylic acids is 1. The van der Waals surface area contributed by atoms with Gasteiger partial charge in [0.25, 0.3) is 0 Å². The lowest BCUT2D eigenvalue weighted by Gasteiger charge is -2.29. The third-order valence-electron chi connectivity index (χ3n) is 3.75. The van der Waals surface area contributed by atoms with Crippen molar-refractivity contribution in [2.75, 3.05) is 6.54 Å². The van der Waals surface area contributed by atoms with Crippen LogP contribution in [0.1, 0.15) is 31.2 Å². The standard InChI is InChI=1S/C15H21NO2/c17-15(18)13-8-4-5-9-14(13)16-11-10-12-6-2-1-3-7-12/h1-3,6-7,13-14,16H,4-5,8-11H2,(H,17,18). The maximum absolute atomic E-state index is 11.2. The summed E-state index contributed by atoms with van der Waals surface area (Å²) in [6.07, 6.45) is 4.97. The van der Waals surface area contributed by atoms with Gasteiger partial charge in [-0.2, -0.15) is 0 Å². The molecule has 1 aromatic carbocycles. The molecule has 2 unspecified atom stereocenters. The van der Waals surface area contributed by atoms with Crippen molar-refractivity contribution in [2.24, 2.45) is 5.92 Å². The number of hydrogen-bond donors (Lipinski definition) is 2. The summed E-state index contributed by atoms with van der Waals surface area (Å²) >= 11 is 0. The summed E-state index contributed by atoms with van der Waals surface area (Å²) < 4.78 is 0. The largest absolute Gasteiger partial charge is 0.481 e. The molecule has 1 fully saturated rings. The van der Waals surface area contributed by atoms with Crippen LogP contribution in [0, 0.1) is 5.92 Å². The second-order valence-corrected chi connectivity index (χ2v) is 5.03. The molecular formula is C15H21NO2. The van der Waals surface area contributed by atoms with E-state index in [0.29, 0.717) is 0 Å². The molecule has 2 rings (SSSR count). The van der Waals surface area contributed by atoms with Crippen LogP contribution in [0.4, 0.5) is 0 Å². The van der Waals surface area contributed by atoms with E-state index in [0.717, 1.165) is 38.6 Å². The molecule has 0 heterocycles. The summed E-state index contributed by atoms with van der Waals surface area (Å²) in [6, 6.07) is 10.5. The average molecular weight is 247 g/mol. The monoisotopic (exact) mass is 247 g/mol. The van der Waals surface area contributed by atoms with E-state index in [4.69, 9.17) is 0 Å². The van der Waals surface area contributed by atoms with Gasteiger partial charge in [-0.3, -0.25) is 4.79 Å². The fraction of sp³-hybridized carbons (Fsp3) is 0.533. The van der Waals surface area contributed by atoms with Crippen LogP contribution >= 0.6 is 0 Å². The topological polar surface area (TPSA) is 49.3 Å². The summed E-state index contributed by atoms with van der Waals surface area (Å²) in [5.41, 5.74) is 1.30. The van der Waals surface area contributed by atoms with Crippen LogP contribution in [0.25, 0.3) is 0 Å². The average Bonchev–Trinajstić information content (AvgIpc) is 2.40. The summed E-state index contributed by atoms with van der Waals surface area (Å²) in [5.74, 6) is -0.846. The van der Waals surface area contributed by atoms with E-state index in [1.807, 2.05) is 18.2 Å². The molecule has 0 bridgehead atoms. The van der Waals surface area contributed by atoms with Gasteiger partial charge in [0.2, 0.25) is 0 Å². The predicted octanol–water partition coefficient (Wildman–Crippen LogP) is 2.46. The highest BCUT2D eigenvalue weighted by Crippen LogP contribution is 2.24. The first-order valence-corrected chi connectivity index (χ1v) is 6.77. The maximum atomic E-state index is 11.2. The zero-order chi connectivity index (χ0) is 12.8. The molecule has 1 aliphatic carbocycles. The smallest absolute Gasteiger partial charge is 0.308 e. The number of carbonyl (C=O) groups is 1. The number of nitrogens with one attached hydrogen (secondary N) is 1. The van der Waals surface area contributed by atoms with Crippen LogP contribution in [0.15, 0.2) is 30.3 Å². The van der Waals surface area contributed by atoms with Crippen LogP contribution in [0.3, 0.4) is 0 Å². The van der Waals surface area contributed by atoms with E-state index in [2.05, 4.69) is 17.4 Å². The van der Waals surface area contributed by atoms with E-state index in [-0.39, 0.29) is 12.0 Å². The molecule has 0 aromatic heterocycles. The first-order valence-electron chi connectivity index (χ1n) is 6.77. The van der Waals surface area contributed by atoms with Crippen molar-refractivity contribution in [3.05, 3.63) is 35.9 Å². The molecule has 3 nitrogen and oxygen atoms in total. The lowest BCUT2D eigenvalue weighted by molar-refractivity contribution is -0.143. The minimum absolute atomic E-state index is 0.153. The van der Waals surface area contributed by atoms with Crippen molar-refractivity contribution in [1.29, 1.82) is 0 Å². The van der Waals surface area contributed by atoms with Gasteiger partial charge in [-0.05, 0) is 31.4 Å². The zero-order valence-electron chi connectivity index (χ0n) is 10.6. The van der Waals surface area contributed by atoms with E-state index in [1.165, 1.54) is 5.56 Å². The lowest BCUT2D eigenvalue weighted by atomic mass is 9.84. The first kappa shape index (κ1) is 13.1. The zero-order valence-corrected chi connectivity index (χ0v) is 10.6. The van der Waals surface area contributed by atoms with Crippen LogP contribution in [0.2, 0.25) is 0 Å². The molecule has 2 atom stereocenters. The van der Waals surface area contributed by atoms with Crippen molar-refractivity contribution in [3.63, 3.8) is 0 Å². The van der Waals surface area contributed by atoms with E-state index in [9.17, 15) is 9.90 Å². The van der Waals surface area contributed by atoms with Gasteiger partial charge in [-0.15, -0.1) is 0 Å². The van der Waals surface area contributed by atoms with Gasteiger partial charge in [0.05, 0.1) is 5.92 Å². The van der Waals surface area contributed by atoms with Crippen molar-refractivity contribution in [3.8, 4) is 0 Å². The lowest BCUT2D eigenvalue weighted by Crippen LogP contribution is -2.43. The number of benzene rings is 1. The SMILES string of the molecule is O=C(O)C1CCCCC1NCCc1ccccc1. The number of rotatable bonds is 5. The van der Waals surface area contributed by atoms with Crippen molar-refractivity contribution in [1.82, 2.24) is 5.32 Å². The normalized spacial score (nSPS) is 23.8. The Morgan fingerprint density at radius 1 is 1.22 bits per heavy atom. The molecule has 0 amide bonds. The highest BCUT2D eigenvalue weighted by molar-refractivity contribution is 5.71. The molecule has 1 aromatic rings. The molecule has 0 radical (unpaired) electrons. The van der Waals surface area contributed by atoms with Gasteiger partial charge >= 0.3 is 5.97 Å². The number of hydrogen-bond acceptors (Lipinski definition) is 2. The van der Waals surface area contributed by atoms with Crippen LogP contribution in [-0.2, 0) is 11.2 Å². The fourth-order valence-corrected chi connectivity index (χ4v) is 2.72. The molecule has 3 heteroatoms. The van der Waals surface area contributed by atoms with Crippen LogP contribution in [-0.4, -0.2) is 23.7 Å². The minimum Gasteiger partial charge on any atom is -0.481 e. The molecule has 18 heavy (non-hydrogen) atoms. The second kappa shape index (κ2) is 6.55. The Morgan fingerprint density at radius 3 is 2.67 bits per heavy atom. The van der Waals surface area contributed by atoms with E-state index in [1.54, 1.807) is 0 Å². The summed E-state index contributed by atoms with van der Waals surface area (Å²) in [7, 11) is 0. The van der Waals surface area contributed by atoms with Crippen LogP contribution in [0.5, 0.6) is 0 Å². The Hall–Kier alpha value is -1.35. The van der Waals surface area contributed by atoms with Gasteiger partial charge in [-0.25, -0.2) is 0 Å². The Balaban J connectivity index is 1.79. The summed E-state index contributed by atoms with van der Waals surface area (Å²) in [4.78, 5) is 11.2. The number of aliphatic carboxylic acids is 1. The Bertz CT molecular complexity index is 377. The van der Waals surface area contributed by atoms with Gasteiger partial charge in [0, 0.05) is 6.04 Å². The molecule has 1 saturated carbocycles. The predicted molar refractivity (Wildman–Crippen MR) is 71.5 cm³/mol. The highest BCUT2D eigenvalue weighted by Gasteiger charge is 2.29. The van der Waals surface area contributed by atoms with E-state index < -0.39 is 5.97 Å². The molecule has 1 aliphatic rings. The van der Waals surface area contributed by atoms with Crippen LogP contribution < -0.4 is 5.32 Å².